The molecule has 0 atom stereocenters. The molecule has 8 aromatic rings. The zero-order valence-corrected chi connectivity index (χ0v) is 26.4. The monoisotopic (exact) mass is 603 g/mol. The van der Waals surface area contributed by atoms with Gasteiger partial charge in [-0.1, -0.05) is 141 Å². The van der Waals surface area contributed by atoms with Crippen LogP contribution >= 0.6 is 0 Å². The SMILES string of the molecule is CC1(C)c2ccccc2-c2c(N(c3cccc(-c4ccccc4)c3)c3ccccc3-c3cccc4oc5ccccc5c34)cccc21. The lowest BCUT2D eigenvalue weighted by Gasteiger charge is -2.31. The lowest BCUT2D eigenvalue weighted by atomic mass is 9.82. The van der Waals surface area contributed by atoms with Gasteiger partial charge in [0.25, 0.3) is 0 Å². The maximum atomic E-state index is 6.36. The van der Waals surface area contributed by atoms with Gasteiger partial charge in [-0.3, -0.25) is 0 Å². The molecule has 2 heteroatoms. The normalized spacial score (nSPS) is 13.1. The van der Waals surface area contributed by atoms with Crippen LogP contribution < -0.4 is 4.90 Å². The quantitative estimate of drug-likeness (QED) is 0.195. The van der Waals surface area contributed by atoms with Crippen molar-refractivity contribution < 1.29 is 4.42 Å². The smallest absolute Gasteiger partial charge is 0.136 e. The lowest BCUT2D eigenvalue weighted by Crippen LogP contribution is -2.16. The van der Waals surface area contributed by atoms with Crippen molar-refractivity contribution in [3.05, 3.63) is 175 Å². The summed E-state index contributed by atoms with van der Waals surface area (Å²) in [7, 11) is 0. The van der Waals surface area contributed by atoms with Crippen LogP contribution in [-0.4, -0.2) is 0 Å². The number of fused-ring (bicyclic) bond motifs is 6. The fourth-order valence-electron chi connectivity index (χ4n) is 7.68. The van der Waals surface area contributed by atoms with Crippen LogP contribution in [0, 0.1) is 0 Å². The third kappa shape index (κ3) is 4.26. The van der Waals surface area contributed by atoms with Crippen molar-refractivity contribution in [3.8, 4) is 33.4 Å². The minimum atomic E-state index is -0.111. The van der Waals surface area contributed by atoms with Gasteiger partial charge in [0, 0.05) is 33.0 Å². The van der Waals surface area contributed by atoms with Crippen molar-refractivity contribution >= 4 is 39.0 Å². The second-order valence-electron chi connectivity index (χ2n) is 12.9. The van der Waals surface area contributed by atoms with Gasteiger partial charge in [-0.2, -0.15) is 0 Å². The van der Waals surface area contributed by atoms with Gasteiger partial charge in [-0.05, 0) is 69.8 Å². The Bertz CT molecular complexity index is 2450. The van der Waals surface area contributed by atoms with Gasteiger partial charge in [0.15, 0.2) is 0 Å². The highest BCUT2D eigenvalue weighted by molar-refractivity contribution is 6.14. The van der Waals surface area contributed by atoms with E-state index in [1.54, 1.807) is 0 Å². The molecule has 0 spiro atoms. The molecule has 0 saturated carbocycles. The van der Waals surface area contributed by atoms with Crippen LogP contribution in [-0.2, 0) is 5.41 Å². The summed E-state index contributed by atoms with van der Waals surface area (Å²) in [6, 6.07) is 58.9. The first-order valence-corrected chi connectivity index (χ1v) is 16.3. The third-order valence-corrected chi connectivity index (χ3v) is 9.88. The van der Waals surface area contributed by atoms with E-state index in [0.717, 1.165) is 44.4 Å². The van der Waals surface area contributed by atoms with E-state index in [0.29, 0.717) is 0 Å². The molecule has 1 aromatic heterocycles. The van der Waals surface area contributed by atoms with Crippen LogP contribution in [0.5, 0.6) is 0 Å². The molecule has 0 amide bonds. The highest BCUT2D eigenvalue weighted by Gasteiger charge is 2.38. The van der Waals surface area contributed by atoms with Gasteiger partial charge in [-0.15, -0.1) is 0 Å². The van der Waals surface area contributed by atoms with Crippen molar-refractivity contribution in [2.24, 2.45) is 0 Å². The molecule has 0 fully saturated rings. The maximum absolute atomic E-state index is 6.36. The first-order valence-electron chi connectivity index (χ1n) is 16.3. The standard InChI is InChI=1S/C45H33NO/c1-45(2)37-23-9-6-20-35(37)44-38(45)24-14-26-40(44)46(32-18-12-17-31(29-32)30-15-4-3-5-16-30)39-25-10-7-19-33(39)34-22-13-28-42-43(34)36-21-8-11-27-41(36)47-42/h3-29H,1-2H3. The zero-order valence-electron chi connectivity index (χ0n) is 26.4. The fraction of sp³-hybridized carbons (Fsp3) is 0.0667. The molecular weight excluding hydrogens is 571 g/mol. The first-order chi connectivity index (χ1) is 23.1. The maximum Gasteiger partial charge on any atom is 0.136 e. The van der Waals surface area contributed by atoms with Gasteiger partial charge in [0.1, 0.15) is 11.2 Å². The number of para-hydroxylation sites is 2. The second kappa shape index (κ2) is 10.6. The molecule has 0 aliphatic heterocycles. The molecule has 2 nitrogen and oxygen atoms in total. The Kier molecular flexibility index (Phi) is 6.20. The number of hydrogen-bond acceptors (Lipinski definition) is 2. The predicted octanol–water partition coefficient (Wildman–Crippen LogP) is 12.7. The Morgan fingerprint density at radius 1 is 0.468 bits per heavy atom. The van der Waals surface area contributed by atoms with Crippen LogP contribution in [0.1, 0.15) is 25.0 Å². The summed E-state index contributed by atoms with van der Waals surface area (Å²) in [6.07, 6.45) is 0. The summed E-state index contributed by atoms with van der Waals surface area (Å²) in [5.74, 6) is 0. The number of nitrogens with zero attached hydrogens (tertiary/aromatic N) is 1. The molecule has 7 aromatic carbocycles. The zero-order chi connectivity index (χ0) is 31.5. The fourth-order valence-corrected chi connectivity index (χ4v) is 7.68. The Labute approximate surface area is 275 Å². The highest BCUT2D eigenvalue weighted by Crippen LogP contribution is 2.55. The third-order valence-electron chi connectivity index (χ3n) is 9.88. The van der Waals surface area contributed by atoms with Crippen LogP contribution in [0.4, 0.5) is 17.1 Å². The molecule has 224 valence electrons. The van der Waals surface area contributed by atoms with E-state index >= 15 is 0 Å². The number of furan rings is 1. The van der Waals surface area contributed by atoms with Crippen molar-refractivity contribution in [1.29, 1.82) is 0 Å². The second-order valence-corrected chi connectivity index (χ2v) is 12.9. The summed E-state index contributed by atoms with van der Waals surface area (Å²) in [5.41, 5.74) is 15.1. The summed E-state index contributed by atoms with van der Waals surface area (Å²) in [4.78, 5) is 2.47. The average molecular weight is 604 g/mol. The number of benzene rings is 7. The number of anilines is 3. The summed E-state index contributed by atoms with van der Waals surface area (Å²) in [5, 5.41) is 2.26. The topological polar surface area (TPSA) is 16.4 Å². The molecule has 0 N–H and O–H groups in total. The van der Waals surface area contributed by atoms with Gasteiger partial charge in [-0.25, -0.2) is 0 Å². The van der Waals surface area contributed by atoms with Crippen LogP contribution in [0.15, 0.2) is 168 Å². The Morgan fingerprint density at radius 2 is 1.09 bits per heavy atom. The van der Waals surface area contributed by atoms with Gasteiger partial charge < -0.3 is 9.32 Å². The largest absolute Gasteiger partial charge is 0.456 e. The summed E-state index contributed by atoms with van der Waals surface area (Å²) < 4.78 is 6.36. The number of hydrogen-bond donors (Lipinski definition) is 0. The van der Waals surface area contributed by atoms with Crippen LogP contribution in [0.3, 0.4) is 0 Å². The lowest BCUT2D eigenvalue weighted by molar-refractivity contribution is 0.660. The van der Waals surface area contributed by atoms with E-state index in [1.807, 2.05) is 6.07 Å². The molecule has 0 saturated heterocycles. The van der Waals surface area contributed by atoms with Crippen molar-refractivity contribution in [2.45, 2.75) is 19.3 Å². The van der Waals surface area contributed by atoms with Gasteiger partial charge >= 0.3 is 0 Å². The van der Waals surface area contributed by atoms with Crippen LogP contribution in [0.2, 0.25) is 0 Å². The van der Waals surface area contributed by atoms with E-state index in [2.05, 4.69) is 176 Å². The van der Waals surface area contributed by atoms with E-state index in [-0.39, 0.29) is 5.41 Å². The molecule has 47 heavy (non-hydrogen) atoms. The molecular formula is C45H33NO. The van der Waals surface area contributed by atoms with Gasteiger partial charge in [0.05, 0.1) is 11.4 Å². The van der Waals surface area contributed by atoms with E-state index in [9.17, 15) is 0 Å². The highest BCUT2D eigenvalue weighted by atomic mass is 16.3. The molecule has 0 radical (unpaired) electrons. The summed E-state index contributed by atoms with van der Waals surface area (Å²) in [6.45, 7) is 4.70. The molecule has 1 aliphatic rings. The molecule has 1 heterocycles. The van der Waals surface area contributed by atoms with E-state index < -0.39 is 0 Å². The van der Waals surface area contributed by atoms with Crippen LogP contribution in [0.25, 0.3) is 55.3 Å². The average Bonchev–Trinajstić information content (AvgIpc) is 3.62. The Hall–Kier alpha value is -5.86. The van der Waals surface area contributed by atoms with E-state index in [1.165, 1.54) is 39.1 Å². The summed E-state index contributed by atoms with van der Waals surface area (Å²) >= 11 is 0. The van der Waals surface area contributed by atoms with Gasteiger partial charge in [0.2, 0.25) is 0 Å². The number of rotatable bonds is 5. The molecule has 0 bridgehead atoms. The minimum Gasteiger partial charge on any atom is -0.456 e. The van der Waals surface area contributed by atoms with E-state index in [4.69, 9.17) is 4.42 Å². The minimum absolute atomic E-state index is 0.111. The van der Waals surface area contributed by atoms with Crippen molar-refractivity contribution in [2.75, 3.05) is 4.90 Å². The van der Waals surface area contributed by atoms with Crippen molar-refractivity contribution in [1.82, 2.24) is 0 Å². The predicted molar refractivity (Wildman–Crippen MR) is 197 cm³/mol. The Morgan fingerprint density at radius 3 is 1.98 bits per heavy atom. The molecule has 1 aliphatic carbocycles. The Balaban J connectivity index is 1.35. The molecule has 9 rings (SSSR count). The molecule has 0 unspecified atom stereocenters. The first kappa shape index (κ1) is 27.5. The van der Waals surface area contributed by atoms with Crippen molar-refractivity contribution in [3.63, 3.8) is 0 Å².